The summed E-state index contributed by atoms with van der Waals surface area (Å²) >= 11 is 6.04. The van der Waals surface area contributed by atoms with E-state index >= 15 is 0 Å². The third-order valence-electron chi connectivity index (χ3n) is 6.40. The second kappa shape index (κ2) is 14.3. The van der Waals surface area contributed by atoms with E-state index in [0.29, 0.717) is 18.1 Å². The Balaban J connectivity index is 0.00000371. The fraction of sp³-hybridized carbons (Fsp3) is 0.667. The van der Waals surface area contributed by atoms with E-state index in [1.807, 2.05) is 52.0 Å². The molecule has 10 nitrogen and oxygen atoms in total. The maximum Gasteiger partial charge on any atom is 0.324 e. The van der Waals surface area contributed by atoms with Gasteiger partial charge in [0.15, 0.2) is 5.75 Å². The lowest BCUT2D eigenvalue weighted by molar-refractivity contribution is -0.152. The van der Waals surface area contributed by atoms with Crippen molar-refractivity contribution < 1.29 is 32.1 Å². The largest absolute Gasteiger partial charge is 0.457 e. The van der Waals surface area contributed by atoms with Gasteiger partial charge in [0.05, 0.1) is 6.54 Å². The summed E-state index contributed by atoms with van der Waals surface area (Å²) < 4.78 is 35.5. The molecule has 3 N–H and O–H groups in total. The van der Waals surface area contributed by atoms with Crippen LogP contribution in [0.25, 0.3) is 0 Å². The predicted molar refractivity (Wildman–Crippen MR) is 152 cm³/mol. The number of nitrogens with zero attached hydrogens (tertiary/aromatic N) is 1. The first-order valence-corrected chi connectivity index (χ1v) is 15.1. The molecule has 2 rings (SSSR count). The smallest absolute Gasteiger partial charge is 0.324 e. The summed E-state index contributed by atoms with van der Waals surface area (Å²) in [6.45, 7) is 15.8. The average molecular weight is 590 g/mol. The van der Waals surface area contributed by atoms with Crippen molar-refractivity contribution in [3.63, 3.8) is 0 Å². The second-order valence-corrected chi connectivity index (χ2v) is 13.0. The molecule has 0 bridgehead atoms. The first-order valence-electron chi connectivity index (χ1n) is 13.2. The number of halogens is 1. The third-order valence-corrected chi connectivity index (χ3v) is 7.25. The molecule has 0 radical (unpaired) electrons. The van der Waals surface area contributed by atoms with Gasteiger partial charge in [-0.05, 0) is 55.2 Å². The van der Waals surface area contributed by atoms with E-state index in [-0.39, 0.29) is 29.7 Å². The number of esters is 1. The zero-order valence-corrected chi connectivity index (χ0v) is 25.8. The van der Waals surface area contributed by atoms with Gasteiger partial charge in [0.2, 0.25) is 5.91 Å². The van der Waals surface area contributed by atoms with Crippen LogP contribution in [0.3, 0.4) is 0 Å². The highest BCUT2D eigenvalue weighted by Crippen LogP contribution is 2.42. The zero-order chi connectivity index (χ0) is 30.2. The minimum Gasteiger partial charge on any atom is -0.457 e. The van der Waals surface area contributed by atoms with Crippen LogP contribution in [0.1, 0.15) is 73.3 Å². The molecule has 222 valence electrons. The van der Waals surface area contributed by atoms with Gasteiger partial charge in [0, 0.05) is 18.1 Å². The number of benzene rings is 1. The molecule has 0 saturated carbocycles. The Morgan fingerprint density at radius 3 is 2.23 bits per heavy atom. The van der Waals surface area contributed by atoms with Crippen molar-refractivity contribution in [1.82, 2.24) is 15.5 Å². The molecule has 3 amide bonds. The van der Waals surface area contributed by atoms with Crippen LogP contribution in [0, 0.1) is 11.3 Å². The van der Waals surface area contributed by atoms with E-state index in [2.05, 4.69) is 24.5 Å². The number of hydrogen-bond donors (Lipinski definition) is 3. The third kappa shape index (κ3) is 11.3. The first kappa shape index (κ1) is 34.7. The van der Waals surface area contributed by atoms with E-state index in [9.17, 15) is 22.8 Å². The molecular weight excluding hydrogens is 546 g/mol. The van der Waals surface area contributed by atoms with Gasteiger partial charge in [-0.2, -0.15) is 8.42 Å². The minimum atomic E-state index is -4.52. The number of piperidine rings is 1. The molecule has 1 aromatic carbocycles. The first-order chi connectivity index (χ1) is 17.9. The molecule has 1 saturated heterocycles. The monoisotopic (exact) mass is 589 g/mol. The molecular formula is C27H44ClN3O7S. The summed E-state index contributed by atoms with van der Waals surface area (Å²) in [6.07, 6.45) is 0.778. The van der Waals surface area contributed by atoms with Gasteiger partial charge in [0.1, 0.15) is 11.6 Å². The van der Waals surface area contributed by atoms with Gasteiger partial charge in [-0.1, -0.05) is 65.3 Å². The molecule has 1 aliphatic heterocycles. The van der Waals surface area contributed by atoms with Crippen LogP contribution in [0.4, 0.5) is 4.79 Å². The number of amides is 3. The molecule has 1 aromatic rings. The van der Waals surface area contributed by atoms with Crippen LogP contribution in [-0.4, -0.2) is 72.8 Å². The standard InChI is InChI=1S/C25H38ClN3O7S.C2H6/c1-16(2)21(28-23(32)27-14-25(5,6)36-20(30)13-37(33,34)35)22(31)29-12-11-19(24(3,4)15-29)17-7-9-18(26)10-8-17;1-2/h7-10,16,19,21H,11-15H2,1-6H3,(H2,27,28,32)(H,33,34,35);1-2H3. The Hall–Kier alpha value is -2.37. The second-order valence-electron chi connectivity index (χ2n) is 11.1. The molecule has 39 heavy (non-hydrogen) atoms. The molecule has 0 aliphatic carbocycles. The lowest BCUT2D eigenvalue weighted by Crippen LogP contribution is -2.58. The van der Waals surface area contributed by atoms with Gasteiger partial charge in [-0.25, -0.2) is 4.79 Å². The van der Waals surface area contributed by atoms with Gasteiger partial charge < -0.3 is 20.3 Å². The Morgan fingerprint density at radius 1 is 1.18 bits per heavy atom. The number of likely N-dealkylation sites (tertiary alicyclic amines) is 1. The van der Waals surface area contributed by atoms with Crippen LogP contribution in [0.15, 0.2) is 24.3 Å². The number of nitrogens with one attached hydrogen (secondary N) is 2. The van der Waals surface area contributed by atoms with Crippen molar-refractivity contribution in [2.75, 3.05) is 25.4 Å². The van der Waals surface area contributed by atoms with Crippen LogP contribution in [0.5, 0.6) is 0 Å². The lowest BCUT2D eigenvalue weighted by atomic mass is 9.70. The van der Waals surface area contributed by atoms with Crippen molar-refractivity contribution in [2.45, 2.75) is 79.4 Å². The number of carbonyl (C=O) groups excluding carboxylic acids is 3. The zero-order valence-electron chi connectivity index (χ0n) is 24.2. The van der Waals surface area contributed by atoms with Crippen molar-refractivity contribution in [2.24, 2.45) is 11.3 Å². The topological polar surface area (TPSA) is 142 Å². The maximum absolute atomic E-state index is 13.4. The van der Waals surface area contributed by atoms with Gasteiger partial charge in [-0.15, -0.1) is 0 Å². The van der Waals surface area contributed by atoms with Gasteiger partial charge in [-0.3, -0.25) is 14.1 Å². The molecule has 0 spiro atoms. The van der Waals surface area contributed by atoms with Crippen molar-refractivity contribution in [3.8, 4) is 0 Å². The van der Waals surface area contributed by atoms with Crippen LogP contribution in [-0.2, 0) is 24.4 Å². The highest BCUT2D eigenvalue weighted by molar-refractivity contribution is 7.86. The predicted octanol–water partition coefficient (Wildman–Crippen LogP) is 4.24. The summed E-state index contributed by atoms with van der Waals surface area (Å²) in [4.78, 5) is 39.5. The van der Waals surface area contributed by atoms with E-state index in [4.69, 9.17) is 20.9 Å². The molecule has 2 atom stereocenters. The van der Waals surface area contributed by atoms with Gasteiger partial charge in [0.25, 0.3) is 10.1 Å². The lowest BCUT2D eigenvalue weighted by Gasteiger charge is -2.45. The van der Waals surface area contributed by atoms with E-state index in [1.54, 1.807) is 4.90 Å². The summed E-state index contributed by atoms with van der Waals surface area (Å²) in [7, 11) is -4.52. The van der Waals surface area contributed by atoms with Crippen LogP contribution >= 0.6 is 11.6 Å². The van der Waals surface area contributed by atoms with E-state index in [0.717, 1.165) is 6.42 Å². The summed E-state index contributed by atoms with van der Waals surface area (Å²) in [6, 6.07) is 6.40. The summed E-state index contributed by atoms with van der Waals surface area (Å²) in [5.41, 5.74) is -0.259. The highest BCUT2D eigenvalue weighted by Gasteiger charge is 2.40. The number of hydrogen-bond acceptors (Lipinski definition) is 6. The number of urea groups is 1. The molecule has 12 heteroatoms. The molecule has 0 aromatic heterocycles. The van der Waals surface area contributed by atoms with Crippen LogP contribution < -0.4 is 10.6 Å². The number of ether oxygens (including phenoxy) is 1. The SMILES string of the molecule is CC.CC(C)C(NC(=O)NCC(C)(C)OC(=O)CS(=O)(=O)O)C(=O)N1CCC(c2ccc(Cl)cc2)C(C)(C)C1. The molecule has 1 fully saturated rings. The maximum atomic E-state index is 13.4. The van der Waals surface area contributed by atoms with Crippen molar-refractivity contribution in [1.29, 1.82) is 0 Å². The number of rotatable bonds is 9. The molecule has 2 unspecified atom stereocenters. The van der Waals surface area contributed by atoms with Crippen LogP contribution in [0.2, 0.25) is 5.02 Å². The van der Waals surface area contributed by atoms with Gasteiger partial charge >= 0.3 is 12.0 Å². The average Bonchev–Trinajstić information content (AvgIpc) is 2.80. The Labute approximate surface area is 237 Å². The minimum absolute atomic E-state index is 0.144. The van der Waals surface area contributed by atoms with Crippen molar-refractivity contribution in [3.05, 3.63) is 34.9 Å². The molecule has 1 heterocycles. The Bertz CT molecular complexity index is 1090. The van der Waals surface area contributed by atoms with E-state index < -0.39 is 39.5 Å². The quantitative estimate of drug-likeness (QED) is 0.289. The van der Waals surface area contributed by atoms with E-state index in [1.165, 1.54) is 19.4 Å². The summed E-state index contributed by atoms with van der Waals surface area (Å²) in [5, 5.41) is 5.96. The molecule has 1 aliphatic rings. The number of carbonyl (C=O) groups is 3. The normalized spacial score (nSPS) is 17.9. The fourth-order valence-corrected chi connectivity index (χ4v) is 5.06. The Kier molecular flexibility index (Phi) is 12.7. The highest BCUT2D eigenvalue weighted by atomic mass is 35.5. The fourth-order valence-electron chi connectivity index (χ4n) is 4.58. The summed E-state index contributed by atoms with van der Waals surface area (Å²) in [5.74, 6) is -2.43. The van der Waals surface area contributed by atoms with Crippen molar-refractivity contribution >= 4 is 39.6 Å². The Morgan fingerprint density at radius 2 is 1.74 bits per heavy atom.